The molecular formula is C9H20IN3S. The van der Waals surface area contributed by atoms with Crippen LogP contribution in [-0.4, -0.2) is 38.1 Å². The highest BCUT2D eigenvalue weighted by Crippen LogP contribution is 1.92. The van der Waals surface area contributed by atoms with Gasteiger partial charge < -0.3 is 10.6 Å². The molecule has 3 nitrogen and oxygen atoms in total. The predicted octanol–water partition coefficient (Wildman–Crippen LogP) is 1.71. The summed E-state index contributed by atoms with van der Waals surface area (Å²) in [6, 6.07) is 0. The Morgan fingerprint density at radius 3 is 2.71 bits per heavy atom. The molecule has 14 heavy (non-hydrogen) atoms. The van der Waals surface area contributed by atoms with Crippen molar-refractivity contribution in [3.05, 3.63) is 12.7 Å². The molecular weight excluding hydrogens is 309 g/mol. The monoisotopic (exact) mass is 329 g/mol. The highest BCUT2D eigenvalue weighted by molar-refractivity contribution is 14.0. The normalized spacial score (nSPS) is 10.3. The van der Waals surface area contributed by atoms with Gasteiger partial charge in [0.15, 0.2) is 5.96 Å². The summed E-state index contributed by atoms with van der Waals surface area (Å²) in [6.07, 6.45) is 5.09. The minimum absolute atomic E-state index is 0. The van der Waals surface area contributed by atoms with E-state index in [0.29, 0.717) is 0 Å². The lowest BCUT2D eigenvalue weighted by atomic mass is 10.5. The quantitative estimate of drug-likeness (QED) is 0.256. The Morgan fingerprint density at radius 2 is 2.21 bits per heavy atom. The number of nitrogens with zero attached hydrogens (tertiary/aromatic N) is 1. The lowest BCUT2D eigenvalue weighted by Crippen LogP contribution is -2.37. The summed E-state index contributed by atoms with van der Waals surface area (Å²) in [5, 5.41) is 6.33. The van der Waals surface area contributed by atoms with E-state index in [0.717, 1.165) is 25.5 Å². The molecule has 0 heterocycles. The van der Waals surface area contributed by atoms with Crippen LogP contribution in [0.5, 0.6) is 0 Å². The molecule has 0 aliphatic heterocycles. The fourth-order valence-corrected chi connectivity index (χ4v) is 1.25. The zero-order valence-electron chi connectivity index (χ0n) is 8.88. The van der Waals surface area contributed by atoms with Gasteiger partial charge in [0.1, 0.15) is 0 Å². The zero-order chi connectivity index (χ0) is 9.94. The van der Waals surface area contributed by atoms with Crippen molar-refractivity contribution in [3.63, 3.8) is 0 Å². The van der Waals surface area contributed by atoms with Crippen molar-refractivity contribution in [2.24, 2.45) is 4.99 Å². The van der Waals surface area contributed by atoms with Gasteiger partial charge in [0.25, 0.3) is 0 Å². The molecule has 0 rings (SSSR count). The lowest BCUT2D eigenvalue weighted by molar-refractivity contribution is 0.809. The number of nitrogens with one attached hydrogen (secondary N) is 2. The van der Waals surface area contributed by atoms with Crippen LogP contribution in [0.3, 0.4) is 0 Å². The van der Waals surface area contributed by atoms with Gasteiger partial charge in [0, 0.05) is 20.1 Å². The molecule has 0 saturated heterocycles. The standard InChI is InChI=1S/C9H19N3S.HI/c1-4-6-11-9(10-2)12-7-5-8-13-3;/h4H,1,5-8H2,2-3H3,(H2,10,11,12);1H. The average Bonchev–Trinajstić information content (AvgIpc) is 2.17. The molecule has 0 bridgehead atoms. The summed E-state index contributed by atoms with van der Waals surface area (Å²) < 4.78 is 0. The maximum absolute atomic E-state index is 4.06. The van der Waals surface area contributed by atoms with Crippen molar-refractivity contribution < 1.29 is 0 Å². The SMILES string of the molecule is C=CCNC(=NC)NCCCSC.I. The number of aliphatic imine (C=N–C) groups is 1. The Kier molecular flexibility index (Phi) is 15.4. The minimum Gasteiger partial charge on any atom is -0.356 e. The summed E-state index contributed by atoms with van der Waals surface area (Å²) in [4.78, 5) is 4.06. The molecule has 0 spiro atoms. The van der Waals surface area contributed by atoms with Gasteiger partial charge in [-0.05, 0) is 18.4 Å². The first-order valence-corrected chi connectivity index (χ1v) is 5.79. The smallest absolute Gasteiger partial charge is 0.191 e. The van der Waals surface area contributed by atoms with E-state index in [1.165, 1.54) is 5.75 Å². The molecule has 0 atom stereocenters. The third kappa shape index (κ3) is 10.2. The second kappa shape index (κ2) is 13.1. The first-order valence-electron chi connectivity index (χ1n) is 4.39. The molecule has 5 heteroatoms. The maximum Gasteiger partial charge on any atom is 0.191 e. The third-order valence-corrected chi connectivity index (χ3v) is 2.15. The van der Waals surface area contributed by atoms with E-state index in [4.69, 9.17) is 0 Å². The molecule has 0 aromatic heterocycles. The van der Waals surface area contributed by atoms with Crippen molar-refractivity contribution in [2.75, 3.05) is 32.1 Å². The molecule has 0 amide bonds. The Labute approximate surface area is 108 Å². The highest BCUT2D eigenvalue weighted by Gasteiger charge is 1.93. The summed E-state index contributed by atoms with van der Waals surface area (Å²) in [7, 11) is 1.77. The van der Waals surface area contributed by atoms with Crippen LogP contribution in [0.1, 0.15) is 6.42 Å². The van der Waals surface area contributed by atoms with Crippen LogP contribution >= 0.6 is 35.7 Å². The van der Waals surface area contributed by atoms with E-state index in [-0.39, 0.29) is 24.0 Å². The molecule has 0 unspecified atom stereocenters. The first-order chi connectivity index (χ1) is 6.35. The number of hydrogen-bond donors (Lipinski definition) is 2. The number of hydrogen-bond acceptors (Lipinski definition) is 2. The number of rotatable bonds is 6. The van der Waals surface area contributed by atoms with E-state index in [1.54, 1.807) is 7.05 Å². The molecule has 2 N–H and O–H groups in total. The predicted molar refractivity (Wildman–Crippen MR) is 78.0 cm³/mol. The van der Waals surface area contributed by atoms with Crippen LogP contribution < -0.4 is 10.6 Å². The summed E-state index contributed by atoms with van der Waals surface area (Å²) in [6.45, 7) is 5.35. The molecule has 0 aromatic rings. The summed E-state index contributed by atoms with van der Waals surface area (Å²) in [5.41, 5.74) is 0. The fourth-order valence-electron chi connectivity index (χ4n) is 0.813. The van der Waals surface area contributed by atoms with Gasteiger partial charge in [-0.3, -0.25) is 4.99 Å². The topological polar surface area (TPSA) is 36.4 Å². The number of thioether (sulfide) groups is 1. The largest absolute Gasteiger partial charge is 0.356 e. The number of halogens is 1. The van der Waals surface area contributed by atoms with Crippen LogP contribution in [0.15, 0.2) is 17.6 Å². The Morgan fingerprint density at radius 1 is 1.50 bits per heavy atom. The molecule has 0 fully saturated rings. The first kappa shape index (κ1) is 16.5. The van der Waals surface area contributed by atoms with E-state index in [1.807, 2.05) is 17.8 Å². The van der Waals surface area contributed by atoms with Crippen LogP contribution in [-0.2, 0) is 0 Å². The maximum atomic E-state index is 4.06. The summed E-state index contributed by atoms with van der Waals surface area (Å²) in [5.74, 6) is 2.03. The van der Waals surface area contributed by atoms with E-state index in [2.05, 4.69) is 28.5 Å². The van der Waals surface area contributed by atoms with Crippen molar-refractivity contribution >= 4 is 41.7 Å². The Bertz CT molecular complexity index is 162. The molecule has 0 saturated carbocycles. The third-order valence-electron chi connectivity index (χ3n) is 1.46. The van der Waals surface area contributed by atoms with Gasteiger partial charge in [-0.25, -0.2) is 0 Å². The Balaban J connectivity index is 0. The van der Waals surface area contributed by atoms with E-state index in [9.17, 15) is 0 Å². The van der Waals surface area contributed by atoms with Crippen LogP contribution in [0.2, 0.25) is 0 Å². The second-order valence-corrected chi connectivity index (χ2v) is 3.50. The van der Waals surface area contributed by atoms with Crippen molar-refractivity contribution in [2.45, 2.75) is 6.42 Å². The zero-order valence-corrected chi connectivity index (χ0v) is 12.0. The molecule has 0 aliphatic rings. The van der Waals surface area contributed by atoms with Gasteiger partial charge >= 0.3 is 0 Å². The van der Waals surface area contributed by atoms with Crippen molar-refractivity contribution in [3.8, 4) is 0 Å². The fraction of sp³-hybridized carbons (Fsp3) is 0.667. The minimum atomic E-state index is 0. The van der Waals surface area contributed by atoms with Gasteiger partial charge in [-0.1, -0.05) is 6.08 Å². The second-order valence-electron chi connectivity index (χ2n) is 2.51. The van der Waals surface area contributed by atoms with E-state index >= 15 is 0 Å². The molecule has 84 valence electrons. The average molecular weight is 329 g/mol. The van der Waals surface area contributed by atoms with E-state index < -0.39 is 0 Å². The van der Waals surface area contributed by atoms with Crippen LogP contribution in [0.25, 0.3) is 0 Å². The van der Waals surface area contributed by atoms with Crippen molar-refractivity contribution in [1.29, 1.82) is 0 Å². The van der Waals surface area contributed by atoms with Crippen LogP contribution in [0.4, 0.5) is 0 Å². The van der Waals surface area contributed by atoms with Gasteiger partial charge in [-0.15, -0.1) is 30.6 Å². The van der Waals surface area contributed by atoms with Crippen molar-refractivity contribution in [1.82, 2.24) is 10.6 Å². The van der Waals surface area contributed by atoms with Gasteiger partial charge in [-0.2, -0.15) is 11.8 Å². The highest BCUT2D eigenvalue weighted by atomic mass is 127. The number of guanidine groups is 1. The molecule has 0 aromatic carbocycles. The van der Waals surface area contributed by atoms with Gasteiger partial charge in [0.05, 0.1) is 0 Å². The lowest BCUT2D eigenvalue weighted by Gasteiger charge is -2.09. The Hall–Kier alpha value is 0.0900. The molecule has 0 aliphatic carbocycles. The van der Waals surface area contributed by atoms with Gasteiger partial charge in [0.2, 0.25) is 0 Å². The summed E-state index contributed by atoms with van der Waals surface area (Å²) >= 11 is 1.86. The van der Waals surface area contributed by atoms with Crippen LogP contribution in [0, 0.1) is 0 Å². The molecule has 0 radical (unpaired) electrons.